The fourth-order valence-electron chi connectivity index (χ4n) is 2.80. The Balaban J connectivity index is 1.46. The second-order valence-electron chi connectivity index (χ2n) is 6.28. The zero-order valence-corrected chi connectivity index (χ0v) is 14.3. The summed E-state index contributed by atoms with van der Waals surface area (Å²) in [5, 5.41) is 7.53. The predicted molar refractivity (Wildman–Crippen MR) is 98.7 cm³/mol. The van der Waals surface area contributed by atoms with Gasteiger partial charge in [0.1, 0.15) is 18.5 Å². The second-order valence-corrected chi connectivity index (χ2v) is 6.28. The third-order valence-electron chi connectivity index (χ3n) is 4.34. The van der Waals surface area contributed by atoms with Gasteiger partial charge in [0.2, 0.25) is 0 Å². The first kappa shape index (κ1) is 16.2. The van der Waals surface area contributed by atoms with Crippen LogP contribution in [0.3, 0.4) is 0 Å². The average molecular weight is 345 g/mol. The molecule has 0 saturated heterocycles. The molecule has 6 nitrogen and oxygen atoms in total. The van der Waals surface area contributed by atoms with E-state index in [9.17, 15) is 4.79 Å². The van der Waals surface area contributed by atoms with Crippen LogP contribution < -0.4 is 0 Å². The van der Waals surface area contributed by atoms with E-state index in [1.807, 2.05) is 47.4 Å². The lowest BCUT2D eigenvalue weighted by atomic mass is 10.2. The molecule has 0 N–H and O–H groups in total. The molecule has 130 valence electrons. The first-order chi connectivity index (χ1) is 12.8. The Morgan fingerprint density at radius 2 is 1.88 bits per heavy atom. The van der Waals surface area contributed by atoms with Gasteiger partial charge >= 0.3 is 0 Å². The van der Waals surface area contributed by atoms with Crippen molar-refractivity contribution in [1.29, 1.82) is 0 Å². The van der Waals surface area contributed by atoms with Gasteiger partial charge in [-0.05, 0) is 30.5 Å². The predicted octanol–water partition coefficient (Wildman–Crippen LogP) is 2.98. The van der Waals surface area contributed by atoms with Crippen molar-refractivity contribution < 1.29 is 4.79 Å². The highest BCUT2D eigenvalue weighted by atomic mass is 16.2. The summed E-state index contributed by atoms with van der Waals surface area (Å²) in [4.78, 5) is 19.2. The molecule has 1 aliphatic carbocycles. The van der Waals surface area contributed by atoms with E-state index in [2.05, 4.69) is 21.3 Å². The number of benzene rings is 1. The van der Waals surface area contributed by atoms with E-state index in [0.717, 1.165) is 18.4 Å². The maximum atomic E-state index is 12.9. The van der Waals surface area contributed by atoms with Gasteiger partial charge in [0, 0.05) is 18.8 Å². The number of amides is 1. The molecule has 3 aromatic rings. The summed E-state index contributed by atoms with van der Waals surface area (Å²) in [5.41, 5.74) is 1.73. The molecule has 0 radical (unpaired) electrons. The lowest BCUT2D eigenvalue weighted by Gasteiger charge is -2.20. The van der Waals surface area contributed by atoms with Crippen molar-refractivity contribution in [2.75, 3.05) is 6.54 Å². The summed E-state index contributed by atoms with van der Waals surface area (Å²) in [6.45, 7) is 0.603. The average Bonchev–Trinajstić information content (AvgIpc) is 3.38. The van der Waals surface area contributed by atoms with Crippen molar-refractivity contribution >= 4 is 12.0 Å². The highest BCUT2D eigenvalue weighted by Gasteiger charge is 2.32. The molecule has 0 aliphatic heterocycles. The Kier molecular flexibility index (Phi) is 4.55. The van der Waals surface area contributed by atoms with Gasteiger partial charge in [0.25, 0.3) is 5.91 Å². The van der Waals surface area contributed by atoms with Gasteiger partial charge in [0.15, 0.2) is 0 Å². The van der Waals surface area contributed by atoms with Gasteiger partial charge in [-0.25, -0.2) is 4.98 Å². The van der Waals surface area contributed by atoms with E-state index < -0.39 is 0 Å². The van der Waals surface area contributed by atoms with Crippen LogP contribution in [0.2, 0.25) is 0 Å². The maximum Gasteiger partial charge on any atom is 0.255 e. The molecule has 1 aromatic carbocycles. The van der Waals surface area contributed by atoms with Gasteiger partial charge < -0.3 is 4.90 Å². The molecule has 1 fully saturated rings. The Bertz CT molecular complexity index is 884. The number of carbonyl (C=O) groups excluding carboxylic acids is 1. The Morgan fingerprint density at radius 3 is 2.54 bits per heavy atom. The third kappa shape index (κ3) is 3.69. The van der Waals surface area contributed by atoms with Crippen LogP contribution in [-0.2, 0) is 0 Å². The van der Waals surface area contributed by atoms with Crippen LogP contribution in [0.4, 0.5) is 0 Å². The monoisotopic (exact) mass is 345 g/mol. The van der Waals surface area contributed by atoms with E-state index in [4.69, 9.17) is 0 Å². The molecule has 1 amide bonds. The molecular formula is C20H19N5O. The highest BCUT2D eigenvalue weighted by Crippen LogP contribution is 2.28. The van der Waals surface area contributed by atoms with E-state index in [0.29, 0.717) is 24.0 Å². The van der Waals surface area contributed by atoms with Gasteiger partial charge in [-0.2, -0.15) is 0 Å². The van der Waals surface area contributed by atoms with Crippen LogP contribution in [0, 0.1) is 0 Å². The van der Waals surface area contributed by atoms with Crippen molar-refractivity contribution in [2.45, 2.75) is 18.9 Å². The molecule has 4 rings (SSSR count). The minimum absolute atomic E-state index is 0.0213. The smallest absolute Gasteiger partial charge is 0.255 e. The van der Waals surface area contributed by atoms with Crippen LogP contribution >= 0.6 is 0 Å². The summed E-state index contributed by atoms with van der Waals surface area (Å²) in [6, 6.07) is 14.1. The lowest BCUT2D eigenvalue weighted by Crippen LogP contribution is -2.33. The second kappa shape index (κ2) is 7.31. The molecule has 26 heavy (non-hydrogen) atoms. The molecule has 1 saturated carbocycles. The molecule has 0 atom stereocenters. The van der Waals surface area contributed by atoms with E-state index in [1.165, 1.54) is 0 Å². The molecule has 0 spiro atoms. The fourth-order valence-corrected chi connectivity index (χ4v) is 2.80. The van der Waals surface area contributed by atoms with Crippen LogP contribution in [0.25, 0.3) is 11.9 Å². The standard InChI is InChI=1S/C20H19N5O/c26-20(17-8-11-19(21-13-17)24-14-22-23-15-24)25(18-9-10-18)12-4-7-16-5-2-1-3-6-16/h1-8,11,13-15,18H,9-10,12H2. The van der Waals surface area contributed by atoms with Crippen LogP contribution in [0.1, 0.15) is 28.8 Å². The molecule has 2 aromatic heterocycles. The summed E-state index contributed by atoms with van der Waals surface area (Å²) < 4.78 is 1.70. The summed E-state index contributed by atoms with van der Waals surface area (Å²) in [7, 11) is 0. The van der Waals surface area contributed by atoms with Crippen molar-refractivity contribution in [1.82, 2.24) is 24.6 Å². The quantitative estimate of drug-likeness (QED) is 0.689. The first-order valence-corrected chi connectivity index (χ1v) is 8.65. The largest absolute Gasteiger partial charge is 0.332 e. The van der Waals surface area contributed by atoms with Gasteiger partial charge in [0.05, 0.1) is 5.56 Å². The minimum atomic E-state index is 0.0213. The number of pyridine rings is 1. The number of nitrogens with zero attached hydrogens (tertiary/aromatic N) is 5. The summed E-state index contributed by atoms with van der Waals surface area (Å²) in [6.07, 6.45) is 11.0. The van der Waals surface area contributed by atoms with Gasteiger partial charge in [-0.1, -0.05) is 42.5 Å². The third-order valence-corrected chi connectivity index (χ3v) is 4.34. The van der Waals surface area contributed by atoms with Gasteiger partial charge in [-0.3, -0.25) is 9.36 Å². The lowest BCUT2D eigenvalue weighted by molar-refractivity contribution is 0.0762. The number of rotatable bonds is 6. The Labute approximate surface area is 151 Å². The molecule has 0 bridgehead atoms. The fraction of sp³-hybridized carbons (Fsp3) is 0.200. The Hall–Kier alpha value is -3.28. The molecular weight excluding hydrogens is 326 g/mol. The number of hydrogen-bond donors (Lipinski definition) is 0. The SMILES string of the molecule is O=C(c1ccc(-n2cnnc2)nc1)N(CC=Cc1ccccc1)C1CC1. The normalized spacial score (nSPS) is 13.8. The minimum Gasteiger partial charge on any atom is -0.332 e. The molecule has 2 heterocycles. The highest BCUT2D eigenvalue weighted by molar-refractivity contribution is 5.94. The van der Waals surface area contributed by atoms with Crippen molar-refractivity contribution in [3.05, 3.63) is 78.5 Å². The van der Waals surface area contributed by atoms with Crippen LogP contribution in [0.5, 0.6) is 0 Å². The van der Waals surface area contributed by atoms with Crippen molar-refractivity contribution in [3.63, 3.8) is 0 Å². The summed E-state index contributed by atoms with van der Waals surface area (Å²) in [5.74, 6) is 0.710. The molecule has 6 heteroatoms. The topological polar surface area (TPSA) is 63.9 Å². The van der Waals surface area contributed by atoms with Crippen LogP contribution in [-0.4, -0.2) is 43.1 Å². The van der Waals surface area contributed by atoms with Crippen LogP contribution in [0.15, 0.2) is 67.4 Å². The van der Waals surface area contributed by atoms with E-state index in [-0.39, 0.29) is 5.91 Å². The van der Waals surface area contributed by atoms with E-state index >= 15 is 0 Å². The zero-order chi connectivity index (χ0) is 17.8. The molecule has 0 unspecified atom stereocenters. The Morgan fingerprint density at radius 1 is 1.12 bits per heavy atom. The maximum absolute atomic E-state index is 12.9. The first-order valence-electron chi connectivity index (χ1n) is 8.65. The van der Waals surface area contributed by atoms with Gasteiger partial charge in [-0.15, -0.1) is 10.2 Å². The van der Waals surface area contributed by atoms with E-state index in [1.54, 1.807) is 29.5 Å². The number of carbonyl (C=O) groups is 1. The summed E-state index contributed by atoms with van der Waals surface area (Å²) >= 11 is 0. The number of aromatic nitrogens is 4. The molecule has 1 aliphatic rings. The number of hydrogen-bond acceptors (Lipinski definition) is 4. The van der Waals surface area contributed by atoms with Crippen molar-refractivity contribution in [3.8, 4) is 5.82 Å². The zero-order valence-electron chi connectivity index (χ0n) is 14.3. The van der Waals surface area contributed by atoms with Crippen molar-refractivity contribution in [2.24, 2.45) is 0 Å².